The number of benzene rings is 2. The number of nitrogens with one attached hydrogen (secondary N) is 1. The number of halogens is 1. The Labute approximate surface area is 140 Å². The fraction of sp³-hybridized carbons (Fsp3) is 0.133. The molecule has 0 aliphatic rings. The van der Waals surface area contributed by atoms with Gasteiger partial charge in [0.25, 0.3) is 0 Å². The summed E-state index contributed by atoms with van der Waals surface area (Å²) in [5.74, 6) is 0. The summed E-state index contributed by atoms with van der Waals surface area (Å²) < 4.78 is 27.3. The van der Waals surface area contributed by atoms with Crippen LogP contribution < -0.4 is 4.72 Å². The van der Waals surface area contributed by atoms with Crippen molar-refractivity contribution in [3.8, 4) is 0 Å². The van der Waals surface area contributed by atoms with E-state index in [4.69, 9.17) is 11.6 Å². The third kappa shape index (κ3) is 4.22. The summed E-state index contributed by atoms with van der Waals surface area (Å²) in [7, 11) is -0.745. The van der Waals surface area contributed by atoms with Gasteiger partial charge in [-0.2, -0.15) is 12.7 Å². The molecule has 0 fully saturated rings. The monoisotopic (exact) mass is 353 g/mol. The number of hydrogen-bond acceptors (Lipinski definition) is 4. The molecular weight excluding hydrogens is 338 g/mol. The van der Waals surface area contributed by atoms with Crippen molar-refractivity contribution >= 4 is 33.2 Å². The van der Waals surface area contributed by atoms with Crippen LogP contribution in [0.15, 0.2) is 53.7 Å². The number of hydrogen-bond donors (Lipinski definition) is 2. The van der Waals surface area contributed by atoms with Crippen LogP contribution in [-0.4, -0.2) is 37.7 Å². The SMILES string of the molecule is CN(C)S(=O)(=O)Nc1cccc(/C(=N/O)c2ccc(Cl)cc2)c1. The Hall–Kier alpha value is -2.09. The van der Waals surface area contributed by atoms with Gasteiger partial charge in [0, 0.05) is 30.2 Å². The minimum atomic E-state index is -3.61. The zero-order valence-corrected chi connectivity index (χ0v) is 14.1. The quantitative estimate of drug-likeness (QED) is 0.492. The lowest BCUT2D eigenvalue weighted by molar-refractivity contribution is 0.319. The van der Waals surface area contributed by atoms with Crippen LogP contribution in [-0.2, 0) is 10.2 Å². The number of rotatable bonds is 5. The Kier molecular flexibility index (Phi) is 5.25. The van der Waals surface area contributed by atoms with Crippen molar-refractivity contribution in [2.24, 2.45) is 5.16 Å². The van der Waals surface area contributed by atoms with Gasteiger partial charge in [-0.25, -0.2) is 0 Å². The third-order valence-corrected chi connectivity index (χ3v) is 4.79. The molecule has 0 aliphatic carbocycles. The maximum Gasteiger partial charge on any atom is 0.301 e. The van der Waals surface area contributed by atoms with E-state index in [2.05, 4.69) is 9.88 Å². The van der Waals surface area contributed by atoms with E-state index in [1.165, 1.54) is 14.1 Å². The number of oxime groups is 1. The lowest BCUT2D eigenvalue weighted by Gasteiger charge is -2.14. The summed E-state index contributed by atoms with van der Waals surface area (Å²) in [6.45, 7) is 0. The molecular formula is C15H16ClN3O3S. The lowest BCUT2D eigenvalue weighted by Crippen LogP contribution is -2.29. The van der Waals surface area contributed by atoms with E-state index in [0.717, 1.165) is 4.31 Å². The standard InChI is InChI=1S/C15H16ClN3O3S/c1-19(2)23(21,22)18-14-5-3-4-12(10-14)15(17-20)11-6-8-13(16)9-7-11/h3-10,18,20H,1-2H3/b17-15+. The molecule has 0 bridgehead atoms. The van der Waals surface area contributed by atoms with Gasteiger partial charge in [-0.3, -0.25) is 4.72 Å². The summed E-state index contributed by atoms with van der Waals surface area (Å²) >= 11 is 5.85. The van der Waals surface area contributed by atoms with Crippen molar-refractivity contribution in [1.82, 2.24) is 4.31 Å². The molecule has 0 amide bonds. The minimum absolute atomic E-state index is 0.313. The molecule has 2 aromatic carbocycles. The zero-order valence-electron chi connectivity index (χ0n) is 12.6. The molecule has 0 spiro atoms. The van der Waals surface area contributed by atoms with Crippen LogP contribution in [0.25, 0.3) is 0 Å². The van der Waals surface area contributed by atoms with Crippen molar-refractivity contribution in [3.05, 3.63) is 64.7 Å². The van der Waals surface area contributed by atoms with Gasteiger partial charge >= 0.3 is 10.2 Å². The zero-order chi connectivity index (χ0) is 17.0. The topological polar surface area (TPSA) is 82.0 Å². The van der Waals surface area contributed by atoms with Crippen LogP contribution in [0.1, 0.15) is 11.1 Å². The second kappa shape index (κ2) is 6.99. The Morgan fingerprint density at radius 3 is 2.35 bits per heavy atom. The van der Waals surface area contributed by atoms with Gasteiger partial charge < -0.3 is 5.21 Å². The molecule has 2 N–H and O–H groups in total. The van der Waals surface area contributed by atoms with Gasteiger partial charge in [0.15, 0.2) is 0 Å². The van der Waals surface area contributed by atoms with E-state index in [-0.39, 0.29) is 0 Å². The van der Waals surface area contributed by atoms with Crippen molar-refractivity contribution in [1.29, 1.82) is 0 Å². The van der Waals surface area contributed by atoms with Gasteiger partial charge in [-0.1, -0.05) is 41.0 Å². The summed E-state index contributed by atoms with van der Waals surface area (Å²) in [5.41, 5.74) is 1.90. The van der Waals surface area contributed by atoms with E-state index < -0.39 is 10.2 Å². The Balaban J connectivity index is 2.36. The highest BCUT2D eigenvalue weighted by Gasteiger charge is 2.14. The first-order valence-electron chi connectivity index (χ1n) is 6.62. The normalized spacial score (nSPS) is 12.4. The van der Waals surface area contributed by atoms with Gasteiger partial charge in [-0.15, -0.1) is 0 Å². The van der Waals surface area contributed by atoms with Crippen LogP contribution in [0.4, 0.5) is 5.69 Å². The second-order valence-corrected chi connectivity index (χ2v) is 7.25. The smallest absolute Gasteiger partial charge is 0.301 e. The summed E-state index contributed by atoms with van der Waals surface area (Å²) in [4.78, 5) is 0. The number of nitrogens with zero attached hydrogens (tertiary/aromatic N) is 2. The first kappa shape index (κ1) is 17.3. The predicted molar refractivity (Wildman–Crippen MR) is 91.5 cm³/mol. The molecule has 0 atom stereocenters. The van der Waals surface area contributed by atoms with Gasteiger partial charge in [0.1, 0.15) is 5.71 Å². The minimum Gasteiger partial charge on any atom is -0.410 e. The van der Waals surface area contributed by atoms with Crippen LogP contribution in [0, 0.1) is 0 Å². The first-order valence-corrected chi connectivity index (χ1v) is 8.44. The molecule has 0 heterocycles. The fourth-order valence-electron chi connectivity index (χ4n) is 1.86. The molecule has 122 valence electrons. The average Bonchev–Trinajstić information content (AvgIpc) is 2.50. The maximum atomic E-state index is 11.9. The predicted octanol–water partition coefficient (Wildman–Crippen LogP) is 2.78. The third-order valence-electron chi connectivity index (χ3n) is 3.08. The van der Waals surface area contributed by atoms with Crippen LogP contribution in [0.5, 0.6) is 0 Å². The van der Waals surface area contributed by atoms with E-state index in [9.17, 15) is 13.6 Å². The molecule has 0 radical (unpaired) electrons. The second-order valence-electron chi connectivity index (χ2n) is 4.93. The van der Waals surface area contributed by atoms with Crippen molar-refractivity contribution in [3.63, 3.8) is 0 Å². The summed E-state index contributed by atoms with van der Waals surface area (Å²) in [5, 5.41) is 13.2. The average molecular weight is 354 g/mol. The highest BCUT2D eigenvalue weighted by Crippen LogP contribution is 2.18. The van der Waals surface area contributed by atoms with Gasteiger partial charge in [-0.05, 0) is 24.3 Å². The molecule has 6 nitrogen and oxygen atoms in total. The highest BCUT2D eigenvalue weighted by molar-refractivity contribution is 7.90. The Morgan fingerprint density at radius 2 is 1.78 bits per heavy atom. The van der Waals surface area contributed by atoms with Crippen molar-refractivity contribution in [2.45, 2.75) is 0 Å². The molecule has 0 aliphatic heterocycles. The van der Waals surface area contributed by atoms with Crippen molar-refractivity contribution in [2.75, 3.05) is 18.8 Å². The number of anilines is 1. The summed E-state index contributed by atoms with van der Waals surface area (Å²) in [6.07, 6.45) is 0. The molecule has 2 aromatic rings. The molecule has 0 aromatic heterocycles. The van der Waals surface area contributed by atoms with E-state index in [1.807, 2.05) is 0 Å². The molecule has 2 rings (SSSR count). The molecule has 23 heavy (non-hydrogen) atoms. The van der Waals surface area contributed by atoms with Crippen LogP contribution in [0.3, 0.4) is 0 Å². The Morgan fingerprint density at radius 1 is 1.13 bits per heavy atom. The van der Waals surface area contributed by atoms with E-state index in [1.54, 1.807) is 48.5 Å². The maximum absolute atomic E-state index is 11.9. The van der Waals surface area contributed by atoms with Gasteiger partial charge in [0.2, 0.25) is 0 Å². The Bertz CT molecular complexity index is 818. The van der Waals surface area contributed by atoms with Gasteiger partial charge in [0.05, 0.1) is 5.69 Å². The largest absolute Gasteiger partial charge is 0.410 e. The van der Waals surface area contributed by atoms with Crippen LogP contribution in [0.2, 0.25) is 5.02 Å². The van der Waals surface area contributed by atoms with E-state index in [0.29, 0.717) is 27.5 Å². The fourth-order valence-corrected chi connectivity index (χ4v) is 2.59. The molecule has 0 saturated heterocycles. The lowest BCUT2D eigenvalue weighted by atomic mass is 10.0. The molecule has 0 unspecified atom stereocenters. The van der Waals surface area contributed by atoms with Crippen LogP contribution >= 0.6 is 11.6 Å². The summed E-state index contributed by atoms with van der Waals surface area (Å²) in [6, 6.07) is 13.4. The van der Waals surface area contributed by atoms with Crippen molar-refractivity contribution < 1.29 is 13.6 Å². The highest BCUT2D eigenvalue weighted by atomic mass is 35.5. The first-order chi connectivity index (χ1) is 10.8. The molecule has 0 saturated carbocycles. The van der Waals surface area contributed by atoms with E-state index >= 15 is 0 Å². The molecule has 8 heteroatoms.